The van der Waals surface area contributed by atoms with Crippen molar-refractivity contribution in [2.75, 3.05) is 0 Å². The third kappa shape index (κ3) is 2.25. The van der Waals surface area contributed by atoms with Crippen LogP contribution in [0.1, 0.15) is 16.1 Å². The van der Waals surface area contributed by atoms with Gasteiger partial charge in [-0.05, 0) is 6.07 Å². The Morgan fingerprint density at radius 1 is 1.47 bits per heavy atom. The lowest BCUT2D eigenvalue weighted by molar-refractivity contribution is 0.0696. The number of imidazole rings is 1. The molecule has 2 rings (SSSR count). The van der Waals surface area contributed by atoms with E-state index in [1.54, 1.807) is 17.1 Å². The van der Waals surface area contributed by atoms with Crippen molar-refractivity contribution in [1.29, 1.82) is 0 Å². The van der Waals surface area contributed by atoms with Crippen molar-refractivity contribution in [1.82, 2.24) is 14.1 Å². The van der Waals surface area contributed by atoms with Crippen LogP contribution in [-0.4, -0.2) is 25.2 Å². The molecule has 1 N–H and O–H groups in total. The van der Waals surface area contributed by atoms with E-state index in [0.29, 0.717) is 6.54 Å². The standard InChI is InChI=1S/C11H11N3O3/c1-13-7-12-4-9(13)6-14-5-8(11(16)17)2-3-10(14)15/h2-5,7H,6H2,1H3,(H,16,17). The van der Waals surface area contributed by atoms with Crippen LogP contribution in [0.5, 0.6) is 0 Å². The van der Waals surface area contributed by atoms with Crippen LogP contribution in [0.4, 0.5) is 0 Å². The van der Waals surface area contributed by atoms with Gasteiger partial charge in [0, 0.05) is 25.5 Å². The highest BCUT2D eigenvalue weighted by Gasteiger charge is 2.06. The molecule has 2 aromatic heterocycles. The average molecular weight is 233 g/mol. The molecule has 17 heavy (non-hydrogen) atoms. The first-order valence-corrected chi connectivity index (χ1v) is 4.97. The molecule has 0 spiro atoms. The van der Waals surface area contributed by atoms with E-state index in [4.69, 9.17) is 5.11 Å². The Hall–Kier alpha value is -2.37. The second-order valence-corrected chi connectivity index (χ2v) is 3.68. The van der Waals surface area contributed by atoms with Gasteiger partial charge in [0.15, 0.2) is 0 Å². The van der Waals surface area contributed by atoms with Crippen LogP contribution >= 0.6 is 0 Å². The predicted molar refractivity (Wildman–Crippen MR) is 60.0 cm³/mol. The number of nitrogens with zero attached hydrogens (tertiary/aromatic N) is 3. The van der Waals surface area contributed by atoms with Crippen molar-refractivity contribution in [3.8, 4) is 0 Å². The van der Waals surface area contributed by atoms with Crippen molar-refractivity contribution in [3.63, 3.8) is 0 Å². The molecule has 0 aromatic carbocycles. The molecule has 6 nitrogen and oxygen atoms in total. The number of hydrogen-bond donors (Lipinski definition) is 1. The monoisotopic (exact) mass is 233 g/mol. The first kappa shape index (κ1) is 11.1. The predicted octanol–water partition coefficient (Wildman–Crippen LogP) is 0.328. The molecule has 88 valence electrons. The molecular formula is C11H11N3O3. The van der Waals surface area contributed by atoms with Gasteiger partial charge in [-0.25, -0.2) is 9.78 Å². The molecule has 0 amide bonds. The molecule has 0 aliphatic carbocycles. The molecule has 2 aromatic rings. The summed E-state index contributed by atoms with van der Waals surface area (Å²) in [4.78, 5) is 26.3. The normalized spacial score (nSPS) is 10.4. The first-order valence-electron chi connectivity index (χ1n) is 4.97. The van der Waals surface area contributed by atoms with Gasteiger partial charge < -0.3 is 14.2 Å². The Bertz CT molecular complexity index is 612. The zero-order valence-corrected chi connectivity index (χ0v) is 9.20. The summed E-state index contributed by atoms with van der Waals surface area (Å²) in [5.41, 5.74) is 0.678. The highest BCUT2D eigenvalue weighted by molar-refractivity contribution is 5.87. The van der Waals surface area contributed by atoms with Crippen LogP contribution in [0.3, 0.4) is 0 Å². The van der Waals surface area contributed by atoms with Gasteiger partial charge in [0.25, 0.3) is 5.56 Å². The second kappa shape index (κ2) is 4.25. The van der Waals surface area contributed by atoms with Crippen molar-refractivity contribution < 1.29 is 9.90 Å². The van der Waals surface area contributed by atoms with Crippen LogP contribution < -0.4 is 5.56 Å². The summed E-state index contributed by atoms with van der Waals surface area (Å²) >= 11 is 0. The van der Waals surface area contributed by atoms with Gasteiger partial charge >= 0.3 is 5.97 Å². The number of aryl methyl sites for hydroxylation is 1. The number of aromatic carboxylic acids is 1. The highest BCUT2D eigenvalue weighted by Crippen LogP contribution is 2.01. The molecule has 0 unspecified atom stereocenters. The summed E-state index contributed by atoms with van der Waals surface area (Å²) in [6.07, 6.45) is 4.60. The Morgan fingerprint density at radius 2 is 2.24 bits per heavy atom. The van der Waals surface area contributed by atoms with Crippen molar-refractivity contribution in [3.05, 3.63) is 52.5 Å². The van der Waals surface area contributed by atoms with Crippen molar-refractivity contribution in [2.45, 2.75) is 6.54 Å². The number of carbonyl (C=O) groups is 1. The largest absolute Gasteiger partial charge is 0.478 e. The van der Waals surface area contributed by atoms with Crippen LogP contribution in [-0.2, 0) is 13.6 Å². The van der Waals surface area contributed by atoms with Gasteiger partial charge in [0.2, 0.25) is 0 Å². The lowest BCUT2D eigenvalue weighted by Crippen LogP contribution is -2.21. The van der Waals surface area contributed by atoms with Gasteiger partial charge in [0.1, 0.15) is 0 Å². The van der Waals surface area contributed by atoms with E-state index in [9.17, 15) is 9.59 Å². The van der Waals surface area contributed by atoms with Gasteiger partial charge in [-0.2, -0.15) is 0 Å². The summed E-state index contributed by atoms with van der Waals surface area (Å²) in [6.45, 7) is 0.302. The molecule has 0 saturated heterocycles. The van der Waals surface area contributed by atoms with Gasteiger partial charge in [-0.3, -0.25) is 4.79 Å². The minimum absolute atomic E-state index is 0.0896. The van der Waals surface area contributed by atoms with E-state index in [-0.39, 0.29) is 11.1 Å². The topological polar surface area (TPSA) is 77.1 Å². The Labute approximate surface area is 96.8 Å². The number of carboxylic acids is 1. The second-order valence-electron chi connectivity index (χ2n) is 3.68. The first-order chi connectivity index (χ1) is 8.08. The molecule has 0 saturated carbocycles. The van der Waals surface area contributed by atoms with Crippen LogP contribution in [0.15, 0.2) is 35.6 Å². The Morgan fingerprint density at radius 3 is 2.82 bits per heavy atom. The number of carboxylic acid groups (broad SMARTS) is 1. The van der Waals surface area contributed by atoms with E-state index in [2.05, 4.69) is 4.98 Å². The van der Waals surface area contributed by atoms with E-state index >= 15 is 0 Å². The molecular weight excluding hydrogens is 222 g/mol. The van der Waals surface area contributed by atoms with E-state index < -0.39 is 5.97 Å². The zero-order chi connectivity index (χ0) is 12.4. The number of aromatic nitrogens is 3. The van der Waals surface area contributed by atoms with Crippen molar-refractivity contribution >= 4 is 5.97 Å². The fraction of sp³-hybridized carbons (Fsp3) is 0.182. The summed E-state index contributed by atoms with van der Waals surface area (Å²) < 4.78 is 3.13. The Kier molecular flexibility index (Phi) is 2.78. The lowest BCUT2D eigenvalue weighted by atomic mass is 10.3. The third-order valence-electron chi connectivity index (χ3n) is 2.48. The maximum Gasteiger partial charge on any atom is 0.337 e. The quantitative estimate of drug-likeness (QED) is 0.828. The highest BCUT2D eigenvalue weighted by atomic mass is 16.4. The minimum Gasteiger partial charge on any atom is -0.478 e. The third-order valence-corrected chi connectivity index (χ3v) is 2.48. The fourth-order valence-electron chi connectivity index (χ4n) is 1.49. The summed E-state index contributed by atoms with van der Waals surface area (Å²) in [7, 11) is 1.81. The molecule has 2 heterocycles. The minimum atomic E-state index is -1.05. The van der Waals surface area contributed by atoms with Crippen LogP contribution in [0.25, 0.3) is 0 Å². The maximum atomic E-state index is 11.6. The summed E-state index contributed by atoms with van der Waals surface area (Å²) in [5.74, 6) is -1.05. The molecule has 0 aliphatic rings. The molecule has 0 radical (unpaired) electrons. The maximum absolute atomic E-state index is 11.6. The van der Waals surface area contributed by atoms with Gasteiger partial charge in [-0.15, -0.1) is 0 Å². The number of hydrogen-bond acceptors (Lipinski definition) is 3. The number of rotatable bonds is 3. The Balaban J connectivity index is 2.39. The van der Waals surface area contributed by atoms with Crippen LogP contribution in [0, 0.1) is 0 Å². The van der Waals surface area contributed by atoms with E-state index in [1.165, 1.54) is 22.9 Å². The number of pyridine rings is 1. The van der Waals surface area contributed by atoms with Gasteiger partial charge in [-0.1, -0.05) is 0 Å². The smallest absolute Gasteiger partial charge is 0.337 e. The SMILES string of the molecule is Cn1cncc1Cn1cc(C(=O)O)ccc1=O. The summed E-state index contributed by atoms with van der Waals surface area (Å²) in [6, 6.07) is 2.55. The van der Waals surface area contributed by atoms with Crippen LogP contribution in [0.2, 0.25) is 0 Å². The zero-order valence-electron chi connectivity index (χ0n) is 9.20. The lowest BCUT2D eigenvalue weighted by Gasteiger charge is -2.06. The van der Waals surface area contributed by atoms with E-state index in [1.807, 2.05) is 7.05 Å². The van der Waals surface area contributed by atoms with Gasteiger partial charge in [0.05, 0.1) is 24.1 Å². The molecule has 0 fully saturated rings. The molecule has 6 heteroatoms. The fourth-order valence-corrected chi connectivity index (χ4v) is 1.49. The van der Waals surface area contributed by atoms with Crippen molar-refractivity contribution in [2.24, 2.45) is 7.05 Å². The average Bonchev–Trinajstić information content (AvgIpc) is 2.67. The summed E-state index contributed by atoms with van der Waals surface area (Å²) in [5, 5.41) is 8.85. The molecule has 0 aliphatic heterocycles. The van der Waals surface area contributed by atoms with E-state index in [0.717, 1.165) is 5.69 Å². The molecule has 0 atom stereocenters. The molecule has 0 bridgehead atoms.